The second-order valence-corrected chi connectivity index (χ2v) is 8.96. The van der Waals surface area contributed by atoms with Crippen molar-refractivity contribution in [3.8, 4) is 0 Å². The van der Waals surface area contributed by atoms with Crippen LogP contribution in [0.3, 0.4) is 0 Å². The Morgan fingerprint density at radius 3 is 2.50 bits per heavy atom. The number of hydrogen-bond acceptors (Lipinski definition) is 3. The fourth-order valence-electron chi connectivity index (χ4n) is 4.66. The summed E-state index contributed by atoms with van der Waals surface area (Å²) < 4.78 is 0. The van der Waals surface area contributed by atoms with Gasteiger partial charge in [0.1, 0.15) is 0 Å². The van der Waals surface area contributed by atoms with Gasteiger partial charge in [0.05, 0.1) is 5.56 Å². The summed E-state index contributed by atoms with van der Waals surface area (Å²) in [6.07, 6.45) is 8.19. The lowest BCUT2D eigenvalue weighted by Crippen LogP contribution is -2.48. The molecule has 1 aromatic carbocycles. The van der Waals surface area contributed by atoms with Crippen LogP contribution in [-0.2, 0) is 10.2 Å². The van der Waals surface area contributed by atoms with Crippen LogP contribution in [0.25, 0.3) is 0 Å². The van der Waals surface area contributed by atoms with Crippen LogP contribution in [0, 0.1) is 19.8 Å². The molecule has 2 aromatic rings. The van der Waals surface area contributed by atoms with Crippen molar-refractivity contribution in [3.05, 3.63) is 65.0 Å². The molecule has 2 heterocycles. The number of rotatable bonds is 5. The van der Waals surface area contributed by atoms with Gasteiger partial charge in [-0.15, -0.1) is 0 Å². The van der Waals surface area contributed by atoms with E-state index in [-0.39, 0.29) is 23.1 Å². The van der Waals surface area contributed by atoms with Gasteiger partial charge in [-0.25, -0.2) is 0 Å². The maximum atomic E-state index is 12.9. The molecule has 1 aromatic heterocycles. The maximum Gasteiger partial charge on any atom is 0.255 e. The van der Waals surface area contributed by atoms with E-state index in [1.165, 1.54) is 23.1 Å². The minimum Gasteiger partial charge on any atom is -0.355 e. The van der Waals surface area contributed by atoms with Gasteiger partial charge in [0, 0.05) is 43.4 Å². The Kier molecular flexibility index (Phi) is 5.89. The summed E-state index contributed by atoms with van der Waals surface area (Å²) in [5.74, 6) is 0.128. The molecule has 2 amide bonds. The third kappa shape index (κ3) is 4.11. The fourth-order valence-corrected chi connectivity index (χ4v) is 4.66. The number of carbonyl (C=O) groups is 2. The molecule has 1 aliphatic heterocycles. The maximum absolute atomic E-state index is 12.9. The van der Waals surface area contributed by atoms with Crippen molar-refractivity contribution >= 4 is 11.8 Å². The lowest BCUT2D eigenvalue weighted by Gasteiger charge is -2.43. The van der Waals surface area contributed by atoms with Crippen LogP contribution in [0.15, 0.2) is 42.7 Å². The molecular formula is C25H31N3O2. The highest BCUT2D eigenvalue weighted by Gasteiger charge is 2.39. The summed E-state index contributed by atoms with van der Waals surface area (Å²) in [5.41, 5.74) is 4.68. The van der Waals surface area contributed by atoms with E-state index in [1.807, 2.05) is 4.90 Å². The summed E-state index contributed by atoms with van der Waals surface area (Å²) in [6.45, 7) is 6.25. The minimum absolute atomic E-state index is 0.00474. The number of pyridine rings is 1. The smallest absolute Gasteiger partial charge is 0.255 e. The van der Waals surface area contributed by atoms with Crippen LogP contribution >= 0.6 is 0 Å². The number of aryl methyl sites for hydroxylation is 2. The molecule has 30 heavy (non-hydrogen) atoms. The van der Waals surface area contributed by atoms with Crippen LogP contribution in [0.5, 0.6) is 0 Å². The number of nitrogens with one attached hydrogen (secondary N) is 1. The quantitative estimate of drug-likeness (QED) is 0.823. The van der Waals surface area contributed by atoms with Crippen molar-refractivity contribution in [3.63, 3.8) is 0 Å². The third-order valence-corrected chi connectivity index (χ3v) is 7.09. The van der Waals surface area contributed by atoms with Crippen molar-refractivity contribution in [2.45, 2.75) is 51.4 Å². The molecule has 0 atom stereocenters. The molecule has 0 spiro atoms. The summed E-state index contributed by atoms with van der Waals surface area (Å²) in [7, 11) is 0. The lowest BCUT2D eigenvalue weighted by molar-refractivity contribution is -0.126. The van der Waals surface area contributed by atoms with Crippen molar-refractivity contribution in [1.29, 1.82) is 0 Å². The number of carbonyl (C=O) groups excluding carboxylic acids is 2. The predicted molar refractivity (Wildman–Crippen MR) is 117 cm³/mol. The van der Waals surface area contributed by atoms with Crippen LogP contribution in [0.2, 0.25) is 0 Å². The molecule has 2 fully saturated rings. The highest BCUT2D eigenvalue weighted by atomic mass is 16.2. The highest BCUT2D eigenvalue weighted by Crippen LogP contribution is 2.43. The average Bonchev–Trinajstić information content (AvgIpc) is 2.75. The van der Waals surface area contributed by atoms with Crippen molar-refractivity contribution in [2.24, 2.45) is 5.92 Å². The normalized spacial score (nSPS) is 18.5. The first-order chi connectivity index (χ1) is 14.5. The van der Waals surface area contributed by atoms with Crippen LogP contribution < -0.4 is 5.32 Å². The van der Waals surface area contributed by atoms with E-state index in [4.69, 9.17) is 0 Å². The Morgan fingerprint density at radius 1 is 1.13 bits per heavy atom. The number of piperidine rings is 1. The minimum atomic E-state index is -0.0140. The van der Waals surface area contributed by atoms with Gasteiger partial charge in [-0.05, 0) is 68.4 Å². The summed E-state index contributed by atoms with van der Waals surface area (Å²) >= 11 is 0. The van der Waals surface area contributed by atoms with Crippen LogP contribution in [0.4, 0.5) is 0 Å². The molecule has 1 saturated heterocycles. The largest absolute Gasteiger partial charge is 0.355 e. The van der Waals surface area contributed by atoms with Gasteiger partial charge in [-0.2, -0.15) is 0 Å². The molecule has 5 nitrogen and oxygen atoms in total. The Morgan fingerprint density at radius 2 is 1.90 bits per heavy atom. The van der Waals surface area contributed by atoms with E-state index in [9.17, 15) is 9.59 Å². The molecule has 158 valence electrons. The van der Waals surface area contributed by atoms with Gasteiger partial charge < -0.3 is 10.2 Å². The molecule has 0 bridgehead atoms. The molecule has 2 aliphatic rings. The Bertz CT molecular complexity index is 913. The molecule has 0 unspecified atom stereocenters. The van der Waals surface area contributed by atoms with E-state index in [1.54, 1.807) is 24.5 Å². The molecular weight excluding hydrogens is 374 g/mol. The second kappa shape index (κ2) is 8.58. The molecule has 0 radical (unpaired) electrons. The first kappa shape index (κ1) is 20.6. The summed E-state index contributed by atoms with van der Waals surface area (Å²) in [6, 6.07) is 10.3. The number of nitrogens with zero attached hydrogens (tertiary/aromatic N) is 2. The number of aromatic nitrogens is 1. The zero-order chi connectivity index (χ0) is 21.1. The standard InChI is InChI=1S/C25H31N3O2/c1-18-6-7-22(15-19(18)2)25(10-4-11-25)17-27-23(29)20-8-13-28(14-9-20)24(30)21-5-3-12-26-16-21/h3,5-7,12,15-16,20H,4,8-11,13-14,17H2,1-2H3,(H,27,29). The third-order valence-electron chi connectivity index (χ3n) is 7.09. The fraction of sp³-hybridized carbons (Fsp3) is 0.480. The van der Waals surface area contributed by atoms with Gasteiger partial charge in [0.25, 0.3) is 5.91 Å². The van der Waals surface area contributed by atoms with Gasteiger partial charge >= 0.3 is 0 Å². The van der Waals surface area contributed by atoms with E-state index in [0.29, 0.717) is 38.0 Å². The summed E-state index contributed by atoms with van der Waals surface area (Å²) in [4.78, 5) is 31.3. The van der Waals surface area contributed by atoms with Gasteiger partial charge in [0.2, 0.25) is 5.91 Å². The number of hydrogen-bond donors (Lipinski definition) is 1. The first-order valence-corrected chi connectivity index (χ1v) is 11.0. The monoisotopic (exact) mass is 405 g/mol. The Hall–Kier alpha value is -2.69. The number of benzene rings is 1. The molecule has 1 aliphatic carbocycles. The summed E-state index contributed by atoms with van der Waals surface area (Å²) in [5, 5.41) is 3.25. The van der Waals surface area contributed by atoms with Crippen LogP contribution in [-0.4, -0.2) is 41.3 Å². The molecule has 4 rings (SSSR count). The number of likely N-dealkylation sites (tertiary alicyclic amines) is 1. The van der Waals surface area contributed by atoms with E-state index < -0.39 is 0 Å². The van der Waals surface area contributed by atoms with Gasteiger partial charge in [-0.1, -0.05) is 24.6 Å². The Labute approximate surface area is 178 Å². The van der Waals surface area contributed by atoms with Crippen LogP contribution in [0.1, 0.15) is 59.2 Å². The Balaban J connectivity index is 1.31. The van der Waals surface area contributed by atoms with Crippen molar-refractivity contribution in [1.82, 2.24) is 15.2 Å². The van der Waals surface area contributed by atoms with E-state index in [2.05, 4.69) is 42.3 Å². The second-order valence-electron chi connectivity index (χ2n) is 8.96. The van der Waals surface area contributed by atoms with E-state index in [0.717, 1.165) is 12.8 Å². The van der Waals surface area contributed by atoms with E-state index >= 15 is 0 Å². The molecule has 5 heteroatoms. The SMILES string of the molecule is Cc1ccc(C2(CNC(=O)C3CCN(C(=O)c4cccnc4)CC3)CCC2)cc1C. The lowest BCUT2D eigenvalue weighted by atomic mass is 9.64. The highest BCUT2D eigenvalue weighted by molar-refractivity contribution is 5.94. The topological polar surface area (TPSA) is 62.3 Å². The zero-order valence-corrected chi connectivity index (χ0v) is 18.0. The molecule has 1 saturated carbocycles. The first-order valence-electron chi connectivity index (χ1n) is 11.0. The average molecular weight is 406 g/mol. The van der Waals surface area contributed by atoms with Gasteiger partial charge in [-0.3, -0.25) is 14.6 Å². The zero-order valence-electron chi connectivity index (χ0n) is 18.0. The van der Waals surface area contributed by atoms with Gasteiger partial charge in [0.15, 0.2) is 0 Å². The van der Waals surface area contributed by atoms with Crippen molar-refractivity contribution < 1.29 is 9.59 Å². The van der Waals surface area contributed by atoms with Crippen molar-refractivity contribution in [2.75, 3.05) is 19.6 Å². The number of amides is 2. The predicted octanol–water partition coefficient (Wildman–Crippen LogP) is 3.79. The molecule has 1 N–H and O–H groups in total.